The molecule has 16 heavy (non-hydrogen) atoms. The summed E-state index contributed by atoms with van der Waals surface area (Å²) in [6, 6.07) is 7.76. The van der Waals surface area contributed by atoms with Gasteiger partial charge in [-0.3, -0.25) is 4.21 Å². The Balaban J connectivity index is 2.67. The van der Waals surface area contributed by atoms with Crippen molar-refractivity contribution in [1.82, 2.24) is 0 Å². The minimum atomic E-state index is -0.761. The maximum atomic E-state index is 11.2. The lowest BCUT2D eigenvalue weighted by Crippen LogP contribution is -2.13. The molecule has 1 atom stereocenters. The predicted octanol–water partition coefficient (Wildman–Crippen LogP) is 2.05. The van der Waals surface area contributed by atoms with Crippen LogP contribution in [0, 0.1) is 18.3 Å². The van der Waals surface area contributed by atoms with Gasteiger partial charge in [-0.2, -0.15) is 5.26 Å². The van der Waals surface area contributed by atoms with Crippen LogP contribution in [0.4, 0.5) is 5.69 Å². The van der Waals surface area contributed by atoms with Crippen LogP contribution in [0.2, 0.25) is 0 Å². The molecule has 0 aliphatic heterocycles. The van der Waals surface area contributed by atoms with E-state index >= 15 is 0 Å². The fourth-order valence-corrected chi connectivity index (χ4v) is 2.05. The van der Waals surface area contributed by atoms with Gasteiger partial charge >= 0.3 is 0 Å². The molecule has 0 saturated heterocycles. The molecule has 3 nitrogen and oxygen atoms in total. The van der Waals surface area contributed by atoms with Crippen molar-refractivity contribution < 1.29 is 4.21 Å². The molecular formula is C12H16N2OS. The number of nitriles is 1. The number of aryl methyl sites for hydroxylation is 1. The Morgan fingerprint density at radius 2 is 2.25 bits per heavy atom. The van der Waals surface area contributed by atoms with Crippen molar-refractivity contribution in [2.45, 2.75) is 13.8 Å². The molecule has 0 amide bonds. The highest BCUT2D eigenvalue weighted by molar-refractivity contribution is 7.84. The zero-order valence-electron chi connectivity index (χ0n) is 9.62. The lowest BCUT2D eigenvalue weighted by Gasteiger charge is -2.10. The summed E-state index contributed by atoms with van der Waals surface area (Å²) in [5.74, 6) is 1.30. The fourth-order valence-electron chi connectivity index (χ4n) is 1.43. The maximum absolute atomic E-state index is 11.2. The molecule has 0 spiro atoms. The lowest BCUT2D eigenvalue weighted by atomic mass is 10.1. The Bertz CT molecular complexity index is 424. The second-order valence-electron chi connectivity index (χ2n) is 3.47. The monoisotopic (exact) mass is 236 g/mol. The SMILES string of the molecule is CCS(=O)CCNc1c(C)cccc1C#N. The normalized spacial score (nSPS) is 11.8. The Kier molecular flexibility index (Phi) is 5.00. The second-order valence-corrected chi connectivity index (χ2v) is 5.33. The summed E-state index contributed by atoms with van der Waals surface area (Å²) < 4.78 is 11.2. The minimum Gasteiger partial charge on any atom is -0.383 e. The van der Waals surface area contributed by atoms with Crippen molar-refractivity contribution in [3.63, 3.8) is 0 Å². The van der Waals surface area contributed by atoms with Crippen molar-refractivity contribution in [3.8, 4) is 6.07 Å². The van der Waals surface area contributed by atoms with E-state index in [-0.39, 0.29) is 0 Å². The van der Waals surface area contributed by atoms with E-state index in [1.54, 1.807) is 6.07 Å². The van der Waals surface area contributed by atoms with E-state index in [2.05, 4.69) is 11.4 Å². The summed E-state index contributed by atoms with van der Waals surface area (Å²) in [6.07, 6.45) is 0. The molecule has 1 rings (SSSR count). The summed E-state index contributed by atoms with van der Waals surface area (Å²) in [5, 5.41) is 12.1. The summed E-state index contributed by atoms with van der Waals surface area (Å²) in [7, 11) is -0.761. The predicted molar refractivity (Wildman–Crippen MR) is 67.9 cm³/mol. The van der Waals surface area contributed by atoms with Crippen LogP contribution in [0.5, 0.6) is 0 Å². The van der Waals surface area contributed by atoms with E-state index in [0.29, 0.717) is 23.6 Å². The molecule has 86 valence electrons. The molecule has 1 aromatic carbocycles. The molecule has 1 N–H and O–H groups in total. The number of para-hydroxylation sites is 1. The average molecular weight is 236 g/mol. The van der Waals surface area contributed by atoms with Gasteiger partial charge in [0, 0.05) is 28.9 Å². The molecule has 1 aromatic rings. The largest absolute Gasteiger partial charge is 0.383 e. The molecule has 0 bridgehead atoms. The van der Waals surface area contributed by atoms with Crippen molar-refractivity contribution >= 4 is 16.5 Å². The standard InChI is InChI=1S/C12H16N2OS/c1-3-16(15)8-7-14-12-10(2)5-4-6-11(12)9-13/h4-6,14H,3,7-8H2,1-2H3. The van der Waals surface area contributed by atoms with Gasteiger partial charge in [-0.15, -0.1) is 0 Å². The van der Waals surface area contributed by atoms with E-state index < -0.39 is 10.8 Å². The van der Waals surface area contributed by atoms with Crippen LogP contribution in [0.3, 0.4) is 0 Å². The van der Waals surface area contributed by atoms with Gasteiger partial charge in [0.05, 0.1) is 11.3 Å². The molecular weight excluding hydrogens is 220 g/mol. The molecule has 4 heteroatoms. The van der Waals surface area contributed by atoms with Crippen LogP contribution in [0.1, 0.15) is 18.1 Å². The van der Waals surface area contributed by atoms with Crippen LogP contribution >= 0.6 is 0 Å². The van der Waals surface area contributed by atoms with Crippen molar-refractivity contribution in [2.24, 2.45) is 0 Å². The summed E-state index contributed by atoms with van der Waals surface area (Å²) >= 11 is 0. The number of hydrogen-bond acceptors (Lipinski definition) is 3. The first-order valence-corrected chi connectivity index (χ1v) is 6.76. The van der Waals surface area contributed by atoms with E-state index in [9.17, 15) is 4.21 Å². The smallest absolute Gasteiger partial charge is 0.101 e. The second kappa shape index (κ2) is 6.29. The van der Waals surface area contributed by atoms with Gasteiger partial charge in [0.15, 0.2) is 0 Å². The number of benzene rings is 1. The first-order valence-electron chi connectivity index (χ1n) is 5.27. The van der Waals surface area contributed by atoms with Crippen molar-refractivity contribution in [1.29, 1.82) is 5.26 Å². The molecule has 0 aliphatic carbocycles. The van der Waals surface area contributed by atoms with Crippen molar-refractivity contribution in [2.75, 3.05) is 23.4 Å². The Morgan fingerprint density at radius 3 is 2.88 bits per heavy atom. The van der Waals surface area contributed by atoms with Gasteiger partial charge in [0.1, 0.15) is 6.07 Å². The highest BCUT2D eigenvalue weighted by Gasteiger charge is 2.04. The van der Waals surface area contributed by atoms with Crippen LogP contribution in [0.15, 0.2) is 18.2 Å². The quantitative estimate of drug-likeness (QED) is 0.851. The zero-order valence-corrected chi connectivity index (χ0v) is 10.4. The Labute approximate surface area is 98.9 Å². The third-order valence-corrected chi connectivity index (χ3v) is 3.65. The van der Waals surface area contributed by atoms with Gasteiger partial charge in [0.25, 0.3) is 0 Å². The van der Waals surface area contributed by atoms with E-state index in [0.717, 1.165) is 11.3 Å². The zero-order chi connectivity index (χ0) is 12.0. The van der Waals surface area contributed by atoms with E-state index in [1.165, 1.54) is 0 Å². The summed E-state index contributed by atoms with van der Waals surface area (Å²) in [4.78, 5) is 0. The molecule has 0 saturated carbocycles. The van der Waals surface area contributed by atoms with Crippen LogP contribution in [-0.2, 0) is 10.8 Å². The molecule has 0 radical (unpaired) electrons. The van der Waals surface area contributed by atoms with Crippen LogP contribution < -0.4 is 5.32 Å². The molecule has 0 aromatic heterocycles. The Morgan fingerprint density at radius 1 is 1.50 bits per heavy atom. The number of rotatable bonds is 5. The Hall–Kier alpha value is -1.34. The molecule has 0 fully saturated rings. The molecule has 0 heterocycles. The average Bonchev–Trinajstić information content (AvgIpc) is 2.30. The highest BCUT2D eigenvalue weighted by atomic mass is 32.2. The van der Waals surface area contributed by atoms with Crippen LogP contribution in [0.25, 0.3) is 0 Å². The van der Waals surface area contributed by atoms with Gasteiger partial charge in [0.2, 0.25) is 0 Å². The number of nitrogens with zero attached hydrogens (tertiary/aromatic N) is 1. The topological polar surface area (TPSA) is 52.9 Å². The van der Waals surface area contributed by atoms with Crippen molar-refractivity contribution in [3.05, 3.63) is 29.3 Å². The van der Waals surface area contributed by atoms with Gasteiger partial charge in [-0.05, 0) is 18.6 Å². The third kappa shape index (κ3) is 3.35. The maximum Gasteiger partial charge on any atom is 0.101 e. The van der Waals surface area contributed by atoms with E-state index in [4.69, 9.17) is 5.26 Å². The molecule has 0 aliphatic rings. The van der Waals surface area contributed by atoms with E-state index in [1.807, 2.05) is 26.0 Å². The number of nitrogens with one attached hydrogen (secondary N) is 1. The number of hydrogen-bond donors (Lipinski definition) is 1. The molecule has 1 unspecified atom stereocenters. The lowest BCUT2D eigenvalue weighted by molar-refractivity contribution is 0.684. The number of anilines is 1. The first-order chi connectivity index (χ1) is 7.69. The third-order valence-electron chi connectivity index (χ3n) is 2.35. The van der Waals surface area contributed by atoms with Crippen LogP contribution in [-0.4, -0.2) is 22.3 Å². The fraction of sp³-hybridized carbons (Fsp3) is 0.417. The summed E-state index contributed by atoms with van der Waals surface area (Å²) in [5.41, 5.74) is 2.54. The van der Waals surface area contributed by atoms with Gasteiger partial charge < -0.3 is 5.32 Å². The van der Waals surface area contributed by atoms with Gasteiger partial charge in [-0.25, -0.2) is 0 Å². The minimum absolute atomic E-state index is 0.621. The summed E-state index contributed by atoms with van der Waals surface area (Å²) in [6.45, 7) is 4.50. The van der Waals surface area contributed by atoms with Gasteiger partial charge in [-0.1, -0.05) is 19.1 Å². The first kappa shape index (κ1) is 12.7. The highest BCUT2D eigenvalue weighted by Crippen LogP contribution is 2.19.